The Kier molecular flexibility index (Phi) is 2.66. The molecule has 0 amide bonds. The fraction of sp³-hybridized carbons (Fsp3) is 0.200. The second-order valence-electron chi connectivity index (χ2n) is 4.66. The van der Waals surface area contributed by atoms with Crippen LogP contribution in [0.4, 0.5) is 8.78 Å². The molecule has 2 atom stereocenters. The minimum absolute atomic E-state index is 0.0659. The summed E-state index contributed by atoms with van der Waals surface area (Å²) in [4.78, 5) is 0. The molecule has 0 unspecified atom stereocenters. The lowest BCUT2D eigenvalue weighted by atomic mass is 9.74. The van der Waals surface area contributed by atoms with E-state index in [0.29, 0.717) is 16.7 Å². The largest absolute Gasteiger partial charge is 0.385 e. The molecule has 0 spiro atoms. The van der Waals surface area contributed by atoms with Gasteiger partial charge in [-0.2, -0.15) is 0 Å². The van der Waals surface area contributed by atoms with Crippen LogP contribution in [0.5, 0.6) is 0 Å². The standard InChI is InChI=1S/C15H12F2O2/c16-14(17)15(19)12-8-4-3-6-10(12)9-5-1-2-7-11(9)13(15)18/h1-8,13-14,18-19H/t13-,15+/m1/s1. The third-order valence-electron chi connectivity index (χ3n) is 3.65. The van der Waals surface area contributed by atoms with Gasteiger partial charge in [0.1, 0.15) is 6.10 Å². The molecule has 1 aliphatic carbocycles. The summed E-state index contributed by atoms with van der Waals surface area (Å²) in [7, 11) is 0. The number of aliphatic hydroxyl groups excluding tert-OH is 1. The number of halogens is 2. The van der Waals surface area contributed by atoms with Crippen LogP contribution in [0.1, 0.15) is 17.2 Å². The second kappa shape index (κ2) is 4.11. The summed E-state index contributed by atoms with van der Waals surface area (Å²) >= 11 is 0. The number of hydrogen-bond donors (Lipinski definition) is 2. The third-order valence-corrected chi connectivity index (χ3v) is 3.65. The molecule has 0 saturated carbocycles. The average Bonchev–Trinajstić information content (AvgIpc) is 2.44. The van der Waals surface area contributed by atoms with Crippen molar-refractivity contribution in [2.45, 2.75) is 18.1 Å². The molecule has 98 valence electrons. The lowest BCUT2D eigenvalue weighted by Gasteiger charge is -2.39. The maximum Gasteiger partial charge on any atom is 0.273 e. The van der Waals surface area contributed by atoms with Gasteiger partial charge < -0.3 is 10.2 Å². The Morgan fingerprint density at radius 2 is 1.53 bits per heavy atom. The molecule has 1 aliphatic rings. The Balaban J connectivity index is 2.36. The highest BCUT2D eigenvalue weighted by atomic mass is 19.3. The van der Waals surface area contributed by atoms with Crippen molar-refractivity contribution in [3.8, 4) is 11.1 Å². The highest BCUT2D eigenvalue weighted by molar-refractivity contribution is 5.75. The number of hydrogen-bond acceptors (Lipinski definition) is 2. The summed E-state index contributed by atoms with van der Waals surface area (Å²) < 4.78 is 26.6. The molecule has 0 bridgehead atoms. The van der Waals surface area contributed by atoms with Crippen LogP contribution in [0.25, 0.3) is 11.1 Å². The molecule has 0 radical (unpaired) electrons. The molecule has 0 aliphatic heterocycles. The smallest absolute Gasteiger partial charge is 0.273 e. The predicted octanol–water partition coefficient (Wildman–Crippen LogP) is 2.85. The van der Waals surface area contributed by atoms with E-state index in [4.69, 9.17) is 0 Å². The van der Waals surface area contributed by atoms with Gasteiger partial charge in [-0.1, -0.05) is 48.5 Å². The number of aliphatic hydroxyl groups is 2. The number of rotatable bonds is 1. The molecular formula is C15H12F2O2. The monoisotopic (exact) mass is 262 g/mol. The minimum atomic E-state index is -3.07. The first-order chi connectivity index (χ1) is 9.06. The Bertz CT molecular complexity index is 627. The topological polar surface area (TPSA) is 40.5 Å². The van der Waals surface area contributed by atoms with Gasteiger partial charge in [0.25, 0.3) is 6.43 Å². The molecule has 4 heteroatoms. The van der Waals surface area contributed by atoms with E-state index in [1.54, 1.807) is 42.5 Å². The Labute approximate surface area is 108 Å². The van der Waals surface area contributed by atoms with E-state index in [9.17, 15) is 19.0 Å². The summed E-state index contributed by atoms with van der Waals surface area (Å²) in [5, 5.41) is 20.5. The molecular weight excluding hydrogens is 250 g/mol. The Morgan fingerprint density at radius 1 is 0.947 bits per heavy atom. The molecule has 2 aromatic carbocycles. The van der Waals surface area contributed by atoms with E-state index in [0.717, 1.165) is 0 Å². The summed E-state index contributed by atoms with van der Waals surface area (Å²) in [6.45, 7) is 0. The van der Waals surface area contributed by atoms with Crippen LogP contribution in [-0.4, -0.2) is 16.6 Å². The van der Waals surface area contributed by atoms with Crippen LogP contribution in [0.3, 0.4) is 0 Å². The van der Waals surface area contributed by atoms with E-state index < -0.39 is 18.1 Å². The van der Waals surface area contributed by atoms with Gasteiger partial charge in [-0.05, 0) is 16.7 Å². The molecule has 0 fully saturated rings. The minimum Gasteiger partial charge on any atom is -0.385 e. The van der Waals surface area contributed by atoms with E-state index in [2.05, 4.69) is 0 Å². The van der Waals surface area contributed by atoms with E-state index in [1.807, 2.05) is 0 Å². The van der Waals surface area contributed by atoms with Crippen molar-refractivity contribution in [1.82, 2.24) is 0 Å². The number of benzene rings is 2. The van der Waals surface area contributed by atoms with Crippen molar-refractivity contribution in [3.63, 3.8) is 0 Å². The molecule has 0 aromatic heterocycles. The van der Waals surface area contributed by atoms with Crippen LogP contribution in [0.15, 0.2) is 48.5 Å². The normalized spacial score (nSPS) is 25.0. The van der Waals surface area contributed by atoms with Crippen LogP contribution >= 0.6 is 0 Å². The van der Waals surface area contributed by atoms with E-state index in [1.165, 1.54) is 6.07 Å². The van der Waals surface area contributed by atoms with Crippen molar-refractivity contribution in [2.24, 2.45) is 0 Å². The average molecular weight is 262 g/mol. The number of alkyl halides is 2. The van der Waals surface area contributed by atoms with Gasteiger partial charge in [0.05, 0.1) is 0 Å². The summed E-state index contributed by atoms with van der Waals surface area (Å²) in [6.07, 6.45) is -4.71. The molecule has 0 saturated heterocycles. The first-order valence-corrected chi connectivity index (χ1v) is 5.94. The lowest BCUT2D eigenvalue weighted by molar-refractivity contribution is -0.172. The molecule has 0 heterocycles. The van der Waals surface area contributed by atoms with Gasteiger partial charge in [-0.3, -0.25) is 0 Å². The van der Waals surface area contributed by atoms with Crippen molar-refractivity contribution in [3.05, 3.63) is 59.7 Å². The highest BCUT2D eigenvalue weighted by Crippen LogP contribution is 2.50. The zero-order valence-corrected chi connectivity index (χ0v) is 9.92. The van der Waals surface area contributed by atoms with Gasteiger partial charge in [0.2, 0.25) is 0 Å². The molecule has 2 N–H and O–H groups in total. The zero-order chi connectivity index (χ0) is 13.6. The maximum atomic E-state index is 13.3. The maximum absolute atomic E-state index is 13.3. The summed E-state index contributed by atoms with van der Waals surface area (Å²) in [5.74, 6) is 0. The van der Waals surface area contributed by atoms with E-state index >= 15 is 0 Å². The van der Waals surface area contributed by atoms with E-state index in [-0.39, 0.29) is 5.56 Å². The van der Waals surface area contributed by atoms with Crippen LogP contribution in [0.2, 0.25) is 0 Å². The SMILES string of the molecule is O[C@@H]1c2ccccc2-c2ccccc2[C@@]1(O)C(F)F. The van der Waals surface area contributed by atoms with Gasteiger partial charge in [0, 0.05) is 5.56 Å². The van der Waals surface area contributed by atoms with Crippen LogP contribution < -0.4 is 0 Å². The van der Waals surface area contributed by atoms with Gasteiger partial charge in [0.15, 0.2) is 5.60 Å². The van der Waals surface area contributed by atoms with Gasteiger partial charge in [-0.25, -0.2) is 8.78 Å². The first kappa shape index (κ1) is 12.3. The molecule has 3 rings (SSSR count). The first-order valence-electron chi connectivity index (χ1n) is 5.94. The van der Waals surface area contributed by atoms with Gasteiger partial charge in [-0.15, -0.1) is 0 Å². The van der Waals surface area contributed by atoms with Crippen LogP contribution in [0, 0.1) is 0 Å². The summed E-state index contributed by atoms with van der Waals surface area (Å²) in [5.41, 5.74) is -0.965. The zero-order valence-electron chi connectivity index (χ0n) is 9.92. The van der Waals surface area contributed by atoms with Crippen molar-refractivity contribution >= 4 is 0 Å². The van der Waals surface area contributed by atoms with Crippen molar-refractivity contribution in [2.75, 3.05) is 0 Å². The Morgan fingerprint density at radius 3 is 2.21 bits per heavy atom. The van der Waals surface area contributed by atoms with Crippen molar-refractivity contribution < 1.29 is 19.0 Å². The van der Waals surface area contributed by atoms with Crippen molar-refractivity contribution in [1.29, 1.82) is 0 Å². The predicted molar refractivity (Wildman–Crippen MR) is 66.7 cm³/mol. The van der Waals surface area contributed by atoms with Crippen LogP contribution in [-0.2, 0) is 5.60 Å². The fourth-order valence-corrected chi connectivity index (χ4v) is 2.67. The fourth-order valence-electron chi connectivity index (χ4n) is 2.67. The second-order valence-corrected chi connectivity index (χ2v) is 4.66. The molecule has 2 nitrogen and oxygen atoms in total. The number of fused-ring (bicyclic) bond motifs is 3. The summed E-state index contributed by atoms with van der Waals surface area (Å²) in [6, 6.07) is 13.1. The van der Waals surface area contributed by atoms with Gasteiger partial charge >= 0.3 is 0 Å². The molecule has 19 heavy (non-hydrogen) atoms. The lowest BCUT2D eigenvalue weighted by Crippen LogP contribution is -2.43. The molecule has 2 aromatic rings. The third kappa shape index (κ3) is 1.54. The Hall–Kier alpha value is -1.78. The highest BCUT2D eigenvalue weighted by Gasteiger charge is 2.51. The quantitative estimate of drug-likeness (QED) is 0.829.